The number of carbonyl (C=O) groups excluding carboxylic acids is 1. The molecule has 18 heavy (non-hydrogen) atoms. The molecule has 0 spiro atoms. The molecule has 1 aromatic carbocycles. The summed E-state index contributed by atoms with van der Waals surface area (Å²) in [4.78, 5) is 13.8. The molecule has 0 radical (unpaired) electrons. The second-order valence-corrected chi connectivity index (χ2v) is 4.78. The molecule has 2 rings (SSSR count). The van der Waals surface area contributed by atoms with Crippen molar-refractivity contribution in [1.29, 1.82) is 0 Å². The van der Waals surface area contributed by atoms with E-state index in [1.165, 1.54) is 0 Å². The standard InChI is InChI=1S/C13H17ClN2O2/c1-15-13(18)11-6-3-7-16(11)12-9(8-17)4-2-5-10(12)14/h2,4-5,11,17H,3,6-8H2,1H3,(H,15,18). The van der Waals surface area contributed by atoms with Gasteiger partial charge in [-0.2, -0.15) is 0 Å². The summed E-state index contributed by atoms with van der Waals surface area (Å²) in [7, 11) is 1.64. The molecule has 1 aliphatic heterocycles. The largest absolute Gasteiger partial charge is 0.392 e. The molecule has 1 aromatic rings. The van der Waals surface area contributed by atoms with Gasteiger partial charge in [-0.05, 0) is 18.9 Å². The SMILES string of the molecule is CNC(=O)C1CCCN1c1c(Cl)cccc1CO. The minimum absolute atomic E-state index is 0.00342. The summed E-state index contributed by atoms with van der Waals surface area (Å²) in [5.41, 5.74) is 1.55. The topological polar surface area (TPSA) is 52.6 Å². The van der Waals surface area contributed by atoms with Gasteiger partial charge in [0.25, 0.3) is 0 Å². The van der Waals surface area contributed by atoms with Gasteiger partial charge in [-0.25, -0.2) is 0 Å². The van der Waals surface area contributed by atoms with Crippen LogP contribution in [0.1, 0.15) is 18.4 Å². The Morgan fingerprint density at radius 3 is 3.06 bits per heavy atom. The molecular weight excluding hydrogens is 252 g/mol. The fourth-order valence-corrected chi connectivity index (χ4v) is 2.79. The number of hydrogen-bond donors (Lipinski definition) is 2. The molecule has 1 amide bonds. The molecule has 1 atom stereocenters. The lowest BCUT2D eigenvalue weighted by molar-refractivity contribution is -0.121. The third-order valence-corrected chi connectivity index (χ3v) is 3.63. The van der Waals surface area contributed by atoms with E-state index in [2.05, 4.69) is 5.32 Å². The van der Waals surface area contributed by atoms with Crippen LogP contribution in [0.2, 0.25) is 5.02 Å². The van der Waals surface area contributed by atoms with E-state index in [4.69, 9.17) is 11.6 Å². The zero-order valence-electron chi connectivity index (χ0n) is 10.3. The maximum atomic E-state index is 11.9. The van der Waals surface area contributed by atoms with E-state index >= 15 is 0 Å². The second-order valence-electron chi connectivity index (χ2n) is 4.37. The molecule has 1 heterocycles. The molecule has 0 saturated carbocycles. The zero-order chi connectivity index (χ0) is 13.1. The number of nitrogens with zero attached hydrogens (tertiary/aromatic N) is 1. The highest BCUT2D eigenvalue weighted by Gasteiger charge is 2.32. The summed E-state index contributed by atoms with van der Waals surface area (Å²) in [5, 5.41) is 12.7. The van der Waals surface area contributed by atoms with Crippen molar-refractivity contribution >= 4 is 23.2 Å². The molecule has 0 aromatic heterocycles. The van der Waals surface area contributed by atoms with Gasteiger partial charge in [0.05, 0.1) is 17.3 Å². The first-order valence-electron chi connectivity index (χ1n) is 6.05. The lowest BCUT2D eigenvalue weighted by Gasteiger charge is -2.28. The van der Waals surface area contributed by atoms with Crippen LogP contribution in [0.4, 0.5) is 5.69 Å². The Balaban J connectivity index is 2.38. The van der Waals surface area contributed by atoms with E-state index in [-0.39, 0.29) is 18.6 Å². The molecule has 1 fully saturated rings. The summed E-state index contributed by atoms with van der Waals surface area (Å²) in [6.07, 6.45) is 1.77. The van der Waals surface area contributed by atoms with Crippen LogP contribution >= 0.6 is 11.6 Å². The number of para-hydroxylation sites is 1. The average molecular weight is 269 g/mol. The number of halogens is 1. The fraction of sp³-hybridized carbons (Fsp3) is 0.462. The molecule has 1 unspecified atom stereocenters. The maximum absolute atomic E-state index is 11.9. The molecule has 1 aliphatic rings. The third kappa shape index (κ3) is 2.31. The lowest BCUT2D eigenvalue weighted by Crippen LogP contribution is -2.42. The molecule has 0 aliphatic carbocycles. The number of amides is 1. The summed E-state index contributed by atoms with van der Waals surface area (Å²) >= 11 is 6.22. The Bertz CT molecular complexity index is 451. The molecule has 0 bridgehead atoms. The molecule has 98 valence electrons. The summed E-state index contributed by atoms with van der Waals surface area (Å²) < 4.78 is 0. The predicted molar refractivity (Wildman–Crippen MR) is 71.8 cm³/mol. The van der Waals surface area contributed by atoms with Crippen molar-refractivity contribution in [1.82, 2.24) is 5.32 Å². The van der Waals surface area contributed by atoms with Crippen LogP contribution < -0.4 is 10.2 Å². The van der Waals surface area contributed by atoms with Crippen LogP contribution in [-0.4, -0.2) is 30.6 Å². The smallest absolute Gasteiger partial charge is 0.242 e. The van der Waals surface area contributed by atoms with E-state index < -0.39 is 0 Å². The lowest BCUT2D eigenvalue weighted by atomic mass is 10.1. The van der Waals surface area contributed by atoms with Crippen molar-refractivity contribution in [3.8, 4) is 0 Å². The van der Waals surface area contributed by atoms with Gasteiger partial charge in [0.15, 0.2) is 0 Å². The van der Waals surface area contributed by atoms with Crippen LogP contribution in [0.3, 0.4) is 0 Å². The van der Waals surface area contributed by atoms with Crippen molar-refractivity contribution in [2.24, 2.45) is 0 Å². The normalized spacial score (nSPS) is 19.1. The van der Waals surface area contributed by atoms with Gasteiger partial charge >= 0.3 is 0 Å². The molecular formula is C13H17ClN2O2. The van der Waals surface area contributed by atoms with Gasteiger partial charge in [0, 0.05) is 19.2 Å². The Morgan fingerprint density at radius 2 is 2.39 bits per heavy atom. The van der Waals surface area contributed by atoms with Crippen molar-refractivity contribution in [3.63, 3.8) is 0 Å². The highest BCUT2D eigenvalue weighted by molar-refractivity contribution is 6.33. The minimum Gasteiger partial charge on any atom is -0.392 e. The van der Waals surface area contributed by atoms with E-state index in [1.54, 1.807) is 13.1 Å². The molecule has 4 nitrogen and oxygen atoms in total. The molecule has 1 saturated heterocycles. The first-order valence-corrected chi connectivity index (χ1v) is 6.43. The number of rotatable bonds is 3. The van der Waals surface area contributed by atoms with E-state index in [0.29, 0.717) is 5.02 Å². The molecule has 2 N–H and O–H groups in total. The Hall–Kier alpha value is -1.26. The number of likely N-dealkylation sites (N-methyl/N-ethyl adjacent to an activating group) is 1. The Morgan fingerprint density at radius 1 is 1.61 bits per heavy atom. The summed E-state index contributed by atoms with van der Waals surface area (Å²) in [5.74, 6) is -0.00342. The zero-order valence-corrected chi connectivity index (χ0v) is 11.1. The van der Waals surface area contributed by atoms with Crippen molar-refractivity contribution in [2.75, 3.05) is 18.5 Å². The van der Waals surface area contributed by atoms with Crippen LogP contribution in [-0.2, 0) is 11.4 Å². The maximum Gasteiger partial charge on any atom is 0.242 e. The van der Waals surface area contributed by atoms with Gasteiger partial charge < -0.3 is 15.3 Å². The van der Waals surface area contributed by atoms with Gasteiger partial charge in [-0.15, -0.1) is 0 Å². The van der Waals surface area contributed by atoms with Crippen LogP contribution in [0, 0.1) is 0 Å². The second kappa shape index (κ2) is 5.59. The number of aliphatic hydroxyl groups is 1. The van der Waals surface area contributed by atoms with Gasteiger partial charge in [-0.3, -0.25) is 4.79 Å². The van der Waals surface area contributed by atoms with E-state index in [9.17, 15) is 9.90 Å². The summed E-state index contributed by atoms with van der Waals surface area (Å²) in [6, 6.07) is 5.23. The highest BCUT2D eigenvalue weighted by atomic mass is 35.5. The molecule has 5 heteroatoms. The first-order chi connectivity index (χ1) is 8.69. The average Bonchev–Trinajstić information content (AvgIpc) is 2.86. The van der Waals surface area contributed by atoms with Crippen molar-refractivity contribution < 1.29 is 9.90 Å². The summed E-state index contributed by atoms with van der Waals surface area (Å²) in [6.45, 7) is 0.710. The fourth-order valence-electron chi connectivity index (χ4n) is 2.48. The van der Waals surface area contributed by atoms with Crippen LogP contribution in [0.15, 0.2) is 18.2 Å². The monoisotopic (exact) mass is 268 g/mol. The van der Waals surface area contributed by atoms with E-state index in [0.717, 1.165) is 30.6 Å². The Kier molecular flexibility index (Phi) is 4.09. The predicted octanol–water partition coefficient (Wildman–Crippen LogP) is 1.55. The van der Waals surface area contributed by atoms with Gasteiger partial charge in [-0.1, -0.05) is 23.7 Å². The van der Waals surface area contributed by atoms with Crippen LogP contribution in [0.25, 0.3) is 0 Å². The number of anilines is 1. The van der Waals surface area contributed by atoms with Gasteiger partial charge in [0.1, 0.15) is 6.04 Å². The number of benzene rings is 1. The van der Waals surface area contributed by atoms with Crippen LogP contribution in [0.5, 0.6) is 0 Å². The highest BCUT2D eigenvalue weighted by Crippen LogP contribution is 2.35. The third-order valence-electron chi connectivity index (χ3n) is 3.33. The van der Waals surface area contributed by atoms with E-state index in [1.807, 2.05) is 17.0 Å². The quantitative estimate of drug-likeness (QED) is 0.875. The van der Waals surface area contributed by atoms with Crippen molar-refractivity contribution in [2.45, 2.75) is 25.5 Å². The Labute approximate surface area is 112 Å². The van der Waals surface area contributed by atoms with Gasteiger partial charge in [0.2, 0.25) is 5.91 Å². The number of nitrogens with one attached hydrogen (secondary N) is 1. The first kappa shape index (κ1) is 13.2. The number of aliphatic hydroxyl groups excluding tert-OH is 1. The minimum atomic E-state index is -0.194. The van der Waals surface area contributed by atoms with Crippen molar-refractivity contribution in [3.05, 3.63) is 28.8 Å². The number of hydrogen-bond acceptors (Lipinski definition) is 3. The number of carbonyl (C=O) groups is 1.